The summed E-state index contributed by atoms with van der Waals surface area (Å²) in [5, 5.41) is 18.6. The van der Waals surface area contributed by atoms with E-state index in [1.165, 1.54) is 6.07 Å². The molecule has 1 heterocycles. The number of carboxylic acid groups (broad SMARTS) is 1. The van der Waals surface area contributed by atoms with E-state index < -0.39 is 11.4 Å². The lowest BCUT2D eigenvalue weighted by Gasteiger charge is -2.20. The van der Waals surface area contributed by atoms with Gasteiger partial charge in [-0.3, -0.25) is 9.59 Å². The molecule has 0 aromatic heterocycles. The maximum atomic E-state index is 12.3. The molecule has 1 fully saturated rings. The molecule has 1 unspecified atom stereocenters. The second-order valence-corrected chi connectivity index (χ2v) is 5.34. The van der Waals surface area contributed by atoms with Crippen LogP contribution in [-0.4, -0.2) is 40.1 Å². The van der Waals surface area contributed by atoms with Gasteiger partial charge >= 0.3 is 5.97 Å². The van der Waals surface area contributed by atoms with Crippen LogP contribution < -0.4 is 0 Å². The van der Waals surface area contributed by atoms with E-state index in [2.05, 4.69) is 0 Å². The van der Waals surface area contributed by atoms with Crippen molar-refractivity contribution >= 4 is 11.9 Å². The number of carbonyl (C=O) groups excluding carboxylic acids is 1. The van der Waals surface area contributed by atoms with Crippen molar-refractivity contribution in [3.8, 4) is 5.75 Å². The number of hydrogen-bond acceptors (Lipinski definition) is 3. The number of aromatic hydroxyl groups is 1. The number of phenols is 1. The minimum Gasteiger partial charge on any atom is -0.508 e. The number of likely N-dealkylation sites (tertiary alicyclic amines) is 1. The van der Waals surface area contributed by atoms with Gasteiger partial charge in [0.25, 0.3) is 5.91 Å². The van der Waals surface area contributed by atoms with Gasteiger partial charge in [0, 0.05) is 18.7 Å². The van der Waals surface area contributed by atoms with Gasteiger partial charge in [0.2, 0.25) is 0 Å². The van der Waals surface area contributed by atoms with E-state index in [1.54, 1.807) is 30.9 Å². The highest BCUT2D eigenvalue weighted by molar-refractivity contribution is 5.95. The predicted molar refractivity (Wildman–Crippen MR) is 69.1 cm³/mol. The molecule has 1 aliphatic heterocycles. The van der Waals surface area contributed by atoms with Crippen LogP contribution in [0.1, 0.15) is 29.3 Å². The molecule has 0 saturated carbocycles. The molecule has 2 N–H and O–H groups in total. The van der Waals surface area contributed by atoms with Gasteiger partial charge in [0.1, 0.15) is 5.75 Å². The van der Waals surface area contributed by atoms with E-state index in [0.717, 1.165) is 0 Å². The van der Waals surface area contributed by atoms with Crippen molar-refractivity contribution in [3.05, 3.63) is 29.3 Å². The van der Waals surface area contributed by atoms with Crippen LogP contribution in [0.4, 0.5) is 0 Å². The molecule has 2 rings (SSSR count). The number of carboxylic acids is 1. The Bertz CT molecular complexity index is 540. The first-order chi connectivity index (χ1) is 8.83. The molecule has 1 amide bonds. The number of aryl methyl sites for hydroxylation is 1. The van der Waals surface area contributed by atoms with Crippen molar-refractivity contribution in [1.82, 2.24) is 4.90 Å². The molecule has 0 spiro atoms. The second kappa shape index (κ2) is 4.57. The Morgan fingerprint density at radius 3 is 2.58 bits per heavy atom. The number of hydrogen-bond donors (Lipinski definition) is 2. The van der Waals surface area contributed by atoms with Gasteiger partial charge in [-0.05, 0) is 44.0 Å². The molecular weight excluding hydrogens is 246 g/mol. The van der Waals surface area contributed by atoms with E-state index in [1.807, 2.05) is 0 Å². The van der Waals surface area contributed by atoms with Crippen molar-refractivity contribution in [2.45, 2.75) is 20.3 Å². The van der Waals surface area contributed by atoms with Crippen molar-refractivity contribution in [1.29, 1.82) is 0 Å². The van der Waals surface area contributed by atoms with Crippen LogP contribution in [0.3, 0.4) is 0 Å². The van der Waals surface area contributed by atoms with Crippen LogP contribution in [0.5, 0.6) is 5.75 Å². The van der Waals surface area contributed by atoms with Crippen LogP contribution in [0.15, 0.2) is 18.2 Å². The molecule has 1 atom stereocenters. The average Bonchev–Trinajstić information content (AvgIpc) is 2.76. The summed E-state index contributed by atoms with van der Waals surface area (Å²) in [4.78, 5) is 25.0. The maximum absolute atomic E-state index is 12.3. The maximum Gasteiger partial charge on any atom is 0.311 e. The van der Waals surface area contributed by atoms with E-state index >= 15 is 0 Å². The fourth-order valence-corrected chi connectivity index (χ4v) is 2.28. The zero-order valence-electron chi connectivity index (χ0n) is 11.0. The van der Waals surface area contributed by atoms with Crippen molar-refractivity contribution in [2.24, 2.45) is 5.41 Å². The first-order valence-electron chi connectivity index (χ1n) is 6.16. The zero-order chi connectivity index (χ0) is 14.2. The topological polar surface area (TPSA) is 77.8 Å². The third-order valence-electron chi connectivity index (χ3n) is 3.72. The smallest absolute Gasteiger partial charge is 0.311 e. The first kappa shape index (κ1) is 13.4. The minimum atomic E-state index is -0.871. The van der Waals surface area contributed by atoms with Crippen LogP contribution in [0.2, 0.25) is 0 Å². The molecule has 0 radical (unpaired) electrons. The highest BCUT2D eigenvalue weighted by Gasteiger charge is 2.42. The van der Waals surface area contributed by atoms with E-state index in [-0.39, 0.29) is 18.2 Å². The molecule has 5 heteroatoms. The molecule has 1 aliphatic rings. The summed E-state index contributed by atoms with van der Waals surface area (Å²) in [7, 11) is 0. The summed E-state index contributed by atoms with van der Waals surface area (Å²) >= 11 is 0. The summed E-state index contributed by atoms with van der Waals surface area (Å²) in [5.41, 5.74) is 0.248. The normalized spacial score (nSPS) is 22.5. The van der Waals surface area contributed by atoms with Crippen LogP contribution in [0.25, 0.3) is 0 Å². The van der Waals surface area contributed by atoms with Gasteiger partial charge in [0.05, 0.1) is 5.41 Å². The highest BCUT2D eigenvalue weighted by Crippen LogP contribution is 2.31. The van der Waals surface area contributed by atoms with Crippen LogP contribution in [0, 0.1) is 12.3 Å². The molecule has 0 bridgehead atoms. The lowest BCUT2D eigenvalue weighted by atomic mass is 9.90. The quantitative estimate of drug-likeness (QED) is 0.850. The summed E-state index contributed by atoms with van der Waals surface area (Å²) in [6.45, 7) is 4.05. The van der Waals surface area contributed by atoms with Crippen LogP contribution >= 0.6 is 0 Å². The Labute approximate surface area is 111 Å². The third-order valence-corrected chi connectivity index (χ3v) is 3.72. The lowest BCUT2D eigenvalue weighted by molar-refractivity contribution is -0.147. The Hall–Kier alpha value is -2.04. The van der Waals surface area contributed by atoms with E-state index in [9.17, 15) is 14.7 Å². The van der Waals surface area contributed by atoms with Gasteiger partial charge in [-0.1, -0.05) is 0 Å². The fraction of sp³-hybridized carbons (Fsp3) is 0.429. The van der Waals surface area contributed by atoms with Gasteiger partial charge < -0.3 is 15.1 Å². The number of aliphatic carboxylic acids is 1. The standard InChI is InChI=1S/C14H17NO4/c1-9-7-10(3-4-11(9)16)12(17)15-6-5-14(2,8-15)13(18)19/h3-4,7,16H,5-6,8H2,1-2H3,(H,18,19). The molecular formula is C14H17NO4. The average molecular weight is 263 g/mol. The number of carbonyl (C=O) groups is 2. The number of amides is 1. The summed E-state index contributed by atoms with van der Waals surface area (Å²) in [6.07, 6.45) is 0.463. The molecule has 5 nitrogen and oxygen atoms in total. The summed E-state index contributed by atoms with van der Waals surface area (Å²) in [6, 6.07) is 4.66. The fourth-order valence-electron chi connectivity index (χ4n) is 2.28. The summed E-state index contributed by atoms with van der Waals surface area (Å²) < 4.78 is 0. The molecule has 102 valence electrons. The molecule has 1 aromatic rings. The number of rotatable bonds is 2. The van der Waals surface area contributed by atoms with Crippen molar-refractivity contribution in [2.75, 3.05) is 13.1 Å². The van der Waals surface area contributed by atoms with Crippen molar-refractivity contribution in [3.63, 3.8) is 0 Å². The molecule has 1 aromatic carbocycles. The Morgan fingerprint density at radius 2 is 2.05 bits per heavy atom. The third kappa shape index (κ3) is 2.41. The Kier molecular flexibility index (Phi) is 3.22. The Balaban J connectivity index is 2.18. The number of phenolic OH excluding ortho intramolecular Hbond substituents is 1. The predicted octanol–water partition coefficient (Wildman–Crippen LogP) is 1.64. The van der Waals surface area contributed by atoms with E-state index in [0.29, 0.717) is 24.1 Å². The second-order valence-electron chi connectivity index (χ2n) is 5.34. The molecule has 0 aliphatic carbocycles. The minimum absolute atomic E-state index is 0.147. The van der Waals surface area contributed by atoms with E-state index in [4.69, 9.17) is 5.11 Å². The highest BCUT2D eigenvalue weighted by atomic mass is 16.4. The lowest BCUT2D eigenvalue weighted by Crippen LogP contribution is -2.34. The monoisotopic (exact) mass is 263 g/mol. The zero-order valence-corrected chi connectivity index (χ0v) is 11.0. The SMILES string of the molecule is Cc1cc(C(=O)N2CCC(C)(C(=O)O)C2)ccc1O. The van der Waals surface area contributed by atoms with Crippen LogP contribution in [-0.2, 0) is 4.79 Å². The summed E-state index contributed by atoms with van der Waals surface area (Å²) in [5.74, 6) is -0.911. The Morgan fingerprint density at radius 1 is 1.37 bits per heavy atom. The van der Waals surface area contributed by atoms with Crippen molar-refractivity contribution < 1.29 is 19.8 Å². The van der Waals surface area contributed by atoms with Gasteiger partial charge in [-0.2, -0.15) is 0 Å². The van der Waals surface area contributed by atoms with Gasteiger partial charge in [-0.25, -0.2) is 0 Å². The number of benzene rings is 1. The number of nitrogens with zero attached hydrogens (tertiary/aromatic N) is 1. The molecule has 1 saturated heterocycles. The molecule has 19 heavy (non-hydrogen) atoms. The first-order valence-corrected chi connectivity index (χ1v) is 6.16. The van der Waals surface area contributed by atoms with Gasteiger partial charge in [0.15, 0.2) is 0 Å². The largest absolute Gasteiger partial charge is 0.508 e. The van der Waals surface area contributed by atoms with Gasteiger partial charge in [-0.15, -0.1) is 0 Å².